The lowest BCUT2D eigenvalue weighted by atomic mass is 10.1. The second-order valence-electron chi connectivity index (χ2n) is 6.65. The van der Waals surface area contributed by atoms with Gasteiger partial charge in [0.2, 0.25) is 5.91 Å². The minimum Gasteiger partial charge on any atom is -0.352 e. The van der Waals surface area contributed by atoms with E-state index in [1.165, 1.54) is 29.5 Å². The predicted octanol–water partition coefficient (Wildman–Crippen LogP) is 4.00. The van der Waals surface area contributed by atoms with Gasteiger partial charge in [-0.25, -0.2) is 14.4 Å². The molecule has 0 spiro atoms. The highest BCUT2D eigenvalue weighted by Crippen LogP contribution is 2.31. The number of hydrogen-bond acceptors (Lipinski definition) is 5. The molecule has 0 aliphatic heterocycles. The van der Waals surface area contributed by atoms with Crippen LogP contribution in [-0.2, 0) is 11.3 Å². The number of rotatable bonds is 5. The molecule has 9 heteroatoms. The summed E-state index contributed by atoms with van der Waals surface area (Å²) in [4.78, 5) is 35.8. The molecule has 0 fully saturated rings. The second kappa shape index (κ2) is 9.20. The fourth-order valence-electron chi connectivity index (χ4n) is 2.60. The molecule has 0 saturated heterocycles. The van der Waals surface area contributed by atoms with Crippen molar-refractivity contribution in [1.82, 2.24) is 20.3 Å². The number of hydrogen-bond donors (Lipinski definition) is 2. The maximum atomic E-state index is 15.2. The molecular formula is C21H18ClFN4O2S. The van der Waals surface area contributed by atoms with Gasteiger partial charge in [-0.15, -0.1) is 11.3 Å². The molecule has 2 N–H and O–H groups in total. The van der Waals surface area contributed by atoms with Crippen molar-refractivity contribution in [1.29, 1.82) is 0 Å². The van der Waals surface area contributed by atoms with Gasteiger partial charge in [-0.3, -0.25) is 9.59 Å². The Bertz CT molecular complexity index is 1220. The highest BCUT2D eigenvalue weighted by molar-refractivity contribution is 7.15. The molecule has 154 valence electrons. The molecule has 6 nitrogen and oxygen atoms in total. The third-order valence-electron chi connectivity index (χ3n) is 4.12. The highest BCUT2D eigenvalue weighted by atomic mass is 35.5. The molecule has 0 aliphatic rings. The van der Waals surface area contributed by atoms with Crippen molar-refractivity contribution in [3.05, 3.63) is 56.2 Å². The van der Waals surface area contributed by atoms with E-state index in [2.05, 4.69) is 32.1 Å². The number of halogens is 2. The zero-order valence-electron chi connectivity index (χ0n) is 16.5. The van der Waals surface area contributed by atoms with Gasteiger partial charge >= 0.3 is 0 Å². The topological polar surface area (TPSA) is 87.7 Å². The lowest BCUT2D eigenvalue weighted by Crippen LogP contribution is -2.27. The van der Waals surface area contributed by atoms with E-state index in [1.54, 1.807) is 27.0 Å². The van der Waals surface area contributed by atoms with E-state index in [4.69, 9.17) is 11.6 Å². The molecule has 3 aromatic rings. The Labute approximate surface area is 181 Å². The van der Waals surface area contributed by atoms with E-state index < -0.39 is 11.4 Å². The molecule has 2 aromatic heterocycles. The van der Waals surface area contributed by atoms with Gasteiger partial charge in [-0.2, -0.15) is 0 Å². The van der Waals surface area contributed by atoms with E-state index >= 15 is 4.39 Å². The van der Waals surface area contributed by atoms with Crippen molar-refractivity contribution in [2.75, 3.05) is 0 Å². The second-order valence-corrected chi connectivity index (χ2v) is 8.09. The average molecular weight is 445 g/mol. The molecule has 1 amide bonds. The lowest BCUT2D eigenvalue weighted by molar-refractivity contribution is -0.124. The zero-order valence-corrected chi connectivity index (χ0v) is 18.0. The largest absolute Gasteiger partial charge is 0.352 e. The molecule has 0 aliphatic carbocycles. The van der Waals surface area contributed by atoms with Crippen LogP contribution in [0.4, 0.5) is 4.39 Å². The van der Waals surface area contributed by atoms with Gasteiger partial charge in [0.1, 0.15) is 11.6 Å². The fourth-order valence-corrected chi connectivity index (χ4v) is 3.61. The van der Waals surface area contributed by atoms with Gasteiger partial charge in [0.15, 0.2) is 5.01 Å². The van der Waals surface area contributed by atoms with Gasteiger partial charge in [0.05, 0.1) is 21.2 Å². The van der Waals surface area contributed by atoms with Crippen LogP contribution in [0.25, 0.3) is 22.0 Å². The summed E-state index contributed by atoms with van der Waals surface area (Å²) in [6.07, 6.45) is 1.56. The van der Waals surface area contributed by atoms with Crippen LogP contribution in [-0.4, -0.2) is 20.9 Å². The Kier molecular flexibility index (Phi) is 6.65. The van der Waals surface area contributed by atoms with E-state index in [1.807, 2.05) is 0 Å². The Balaban J connectivity index is 2.03. The van der Waals surface area contributed by atoms with Crippen molar-refractivity contribution in [2.45, 2.75) is 27.3 Å². The number of carbonyl (C=O) groups is 1. The number of benzene rings is 1. The number of nitrogens with one attached hydrogen (secondary N) is 2. The maximum absolute atomic E-state index is 15.2. The molecule has 0 atom stereocenters. The first-order chi connectivity index (χ1) is 14.3. The van der Waals surface area contributed by atoms with Gasteiger partial charge in [0, 0.05) is 30.3 Å². The smallest absolute Gasteiger partial charge is 0.251 e. The van der Waals surface area contributed by atoms with E-state index in [9.17, 15) is 9.59 Å². The third-order valence-corrected chi connectivity index (χ3v) is 5.37. The van der Waals surface area contributed by atoms with Crippen LogP contribution in [0.3, 0.4) is 0 Å². The summed E-state index contributed by atoms with van der Waals surface area (Å²) in [6, 6.07) is 4.30. The summed E-state index contributed by atoms with van der Waals surface area (Å²) in [6.45, 7) is 5.18. The van der Waals surface area contributed by atoms with E-state index in [0.717, 1.165) is 0 Å². The first-order valence-corrected chi connectivity index (χ1v) is 10.2. The van der Waals surface area contributed by atoms with Gasteiger partial charge in [-0.1, -0.05) is 37.4 Å². The normalized spacial score (nSPS) is 10.6. The minimum atomic E-state index is -0.659. The van der Waals surface area contributed by atoms with Crippen molar-refractivity contribution in [3.8, 4) is 33.8 Å². The van der Waals surface area contributed by atoms with Crippen LogP contribution in [0.2, 0.25) is 5.02 Å². The summed E-state index contributed by atoms with van der Waals surface area (Å²) in [5.41, 5.74) is 0.0737. The first kappa shape index (κ1) is 21.7. The summed E-state index contributed by atoms with van der Waals surface area (Å²) in [7, 11) is 0. The molecule has 0 unspecified atom stereocenters. The summed E-state index contributed by atoms with van der Waals surface area (Å²) in [5.74, 6) is 4.51. The van der Waals surface area contributed by atoms with Crippen molar-refractivity contribution in [3.63, 3.8) is 0 Å². The summed E-state index contributed by atoms with van der Waals surface area (Å²) in [5, 5.41) is 3.34. The predicted molar refractivity (Wildman–Crippen MR) is 116 cm³/mol. The number of thiazole rings is 1. The first-order valence-electron chi connectivity index (χ1n) is 9.05. The van der Waals surface area contributed by atoms with Crippen LogP contribution in [0, 0.1) is 23.6 Å². The SMILES string of the molecule is CC#Cc1ncc(-c2cc(=O)[nH]c(-c3c(Cl)ccc(CNC(=O)C(C)C)c3F)n2)s1. The van der Waals surface area contributed by atoms with Crippen LogP contribution in [0.1, 0.15) is 31.3 Å². The molecule has 30 heavy (non-hydrogen) atoms. The van der Waals surface area contributed by atoms with Gasteiger partial charge < -0.3 is 10.3 Å². The number of aromatic amines is 1. The lowest BCUT2D eigenvalue weighted by Gasteiger charge is -2.12. The number of nitrogens with zero attached hydrogens (tertiary/aromatic N) is 2. The Morgan fingerprint density at radius 3 is 2.87 bits per heavy atom. The third kappa shape index (κ3) is 4.75. The quantitative estimate of drug-likeness (QED) is 0.582. The standard InChI is InChI=1S/C21H18ClFN4O2S/c1-4-5-17-24-10-15(30-17)14-8-16(28)27-20(26-14)18-13(22)7-6-12(19(18)23)9-25-21(29)11(2)3/h6-8,10-11H,9H2,1-3H3,(H,25,29)(H,26,27,28). The van der Waals surface area contributed by atoms with E-state index in [0.29, 0.717) is 15.6 Å². The average Bonchev–Trinajstić information content (AvgIpc) is 3.16. The monoisotopic (exact) mass is 444 g/mol. The molecule has 0 saturated carbocycles. The Morgan fingerprint density at radius 1 is 1.40 bits per heavy atom. The molecule has 3 rings (SSSR count). The minimum absolute atomic E-state index is 0.00596. The number of aromatic nitrogens is 3. The Hall–Kier alpha value is -3.02. The molecule has 0 bridgehead atoms. The summed E-state index contributed by atoms with van der Waals surface area (Å²) >= 11 is 7.50. The summed E-state index contributed by atoms with van der Waals surface area (Å²) < 4.78 is 15.2. The van der Waals surface area contributed by atoms with E-state index in [-0.39, 0.29) is 40.3 Å². The van der Waals surface area contributed by atoms with Crippen molar-refractivity contribution in [2.24, 2.45) is 5.92 Å². The van der Waals surface area contributed by atoms with Crippen LogP contribution in [0.15, 0.2) is 29.2 Å². The molecule has 0 radical (unpaired) electrons. The number of H-pyrrole nitrogens is 1. The van der Waals surface area contributed by atoms with Crippen LogP contribution >= 0.6 is 22.9 Å². The Morgan fingerprint density at radius 2 is 2.17 bits per heavy atom. The number of amides is 1. The van der Waals surface area contributed by atoms with Crippen molar-refractivity contribution >= 4 is 28.8 Å². The highest BCUT2D eigenvalue weighted by Gasteiger charge is 2.19. The van der Waals surface area contributed by atoms with Crippen molar-refractivity contribution < 1.29 is 9.18 Å². The zero-order chi connectivity index (χ0) is 21.8. The molecule has 1 aromatic carbocycles. The molecule has 2 heterocycles. The van der Waals surface area contributed by atoms with Gasteiger partial charge in [-0.05, 0) is 18.9 Å². The fraction of sp³-hybridized carbons (Fsp3) is 0.238. The maximum Gasteiger partial charge on any atom is 0.251 e. The van der Waals surface area contributed by atoms with Gasteiger partial charge in [0.25, 0.3) is 5.56 Å². The number of carbonyl (C=O) groups excluding carboxylic acids is 1. The molecular weight excluding hydrogens is 427 g/mol. The van der Waals surface area contributed by atoms with Crippen LogP contribution < -0.4 is 10.9 Å². The van der Waals surface area contributed by atoms with Crippen LogP contribution in [0.5, 0.6) is 0 Å².